The van der Waals surface area contributed by atoms with Crippen molar-refractivity contribution in [2.45, 2.75) is 32.7 Å². The largest absolute Gasteiger partial charge is 0.296 e. The highest BCUT2D eigenvalue weighted by Gasteiger charge is 2.15. The van der Waals surface area contributed by atoms with Gasteiger partial charge in [-0.15, -0.1) is 11.3 Å². The van der Waals surface area contributed by atoms with Gasteiger partial charge in [0.15, 0.2) is 0 Å². The molecule has 0 radical (unpaired) electrons. The summed E-state index contributed by atoms with van der Waals surface area (Å²) in [5.41, 5.74) is 4.43. The summed E-state index contributed by atoms with van der Waals surface area (Å²) in [7, 11) is 0.974. The van der Waals surface area contributed by atoms with Gasteiger partial charge in [-0.25, -0.2) is 4.98 Å². The lowest BCUT2D eigenvalue weighted by Gasteiger charge is -2.19. The summed E-state index contributed by atoms with van der Waals surface area (Å²) >= 11 is 1.66. The summed E-state index contributed by atoms with van der Waals surface area (Å²) in [5, 5.41) is 3.64. The van der Waals surface area contributed by atoms with Crippen LogP contribution in [0.3, 0.4) is 0 Å². The fraction of sp³-hybridized carbons (Fsp3) is 0.400. The van der Waals surface area contributed by atoms with Crippen LogP contribution in [0, 0.1) is 0 Å². The number of nitrogens with zero attached hydrogens (tertiary/aromatic N) is 2. The van der Waals surface area contributed by atoms with Crippen molar-refractivity contribution >= 4 is 24.6 Å². The third-order valence-corrected chi connectivity index (χ3v) is 5.89. The highest BCUT2D eigenvalue weighted by molar-refractivity contribution is 7.07. The summed E-state index contributed by atoms with van der Waals surface area (Å²) < 4.78 is 0. The molecule has 2 rings (SSSR count). The van der Waals surface area contributed by atoms with E-state index in [9.17, 15) is 0 Å². The Hall–Kier alpha value is -0.973. The Labute approximate surface area is 121 Å². The maximum atomic E-state index is 4.33. The number of benzene rings is 1. The van der Waals surface area contributed by atoms with Gasteiger partial charge in [0.05, 0.1) is 19.3 Å². The third kappa shape index (κ3) is 4.26. The van der Waals surface area contributed by atoms with E-state index in [-0.39, 0.29) is 0 Å². The molecule has 0 amide bonds. The SMILES string of the molecule is CN(Cc1ccc([Si](C)(C)C)cc1)Cc1cscn1. The summed E-state index contributed by atoms with van der Waals surface area (Å²) in [6, 6.07) is 9.15. The van der Waals surface area contributed by atoms with Crippen molar-refractivity contribution in [3.63, 3.8) is 0 Å². The molecular weight excluding hydrogens is 268 g/mol. The molecule has 0 fully saturated rings. The van der Waals surface area contributed by atoms with Crippen molar-refractivity contribution in [1.82, 2.24) is 9.88 Å². The molecule has 102 valence electrons. The van der Waals surface area contributed by atoms with Gasteiger partial charge in [-0.1, -0.05) is 49.1 Å². The lowest BCUT2D eigenvalue weighted by atomic mass is 10.2. The van der Waals surface area contributed by atoms with Gasteiger partial charge in [-0.2, -0.15) is 0 Å². The molecule has 2 nitrogen and oxygen atoms in total. The van der Waals surface area contributed by atoms with Crippen LogP contribution in [0.4, 0.5) is 0 Å². The number of thiazole rings is 1. The smallest absolute Gasteiger partial charge is 0.0795 e. The van der Waals surface area contributed by atoms with E-state index in [1.54, 1.807) is 11.3 Å². The Morgan fingerprint density at radius 2 is 1.79 bits per heavy atom. The van der Waals surface area contributed by atoms with Gasteiger partial charge < -0.3 is 0 Å². The molecule has 0 N–H and O–H groups in total. The fourth-order valence-electron chi connectivity index (χ4n) is 2.07. The lowest BCUT2D eigenvalue weighted by Crippen LogP contribution is -2.37. The molecule has 1 heterocycles. The van der Waals surface area contributed by atoms with Crippen LogP contribution >= 0.6 is 11.3 Å². The van der Waals surface area contributed by atoms with Crippen molar-refractivity contribution in [3.05, 3.63) is 46.4 Å². The Morgan fingerprint density at radius 1 is 1.11 bits per heavy atom. The normalized spacial score (nSPS) is 12.1. The molecule has 0 unspecified atom stereocenters. The van der Waals surface area contributed by atoms with Crippen molar-refractivity contribution in [3.8, 4) is 0 Å². The average Bonchev–Trinajstić information content (AvgIpc) is 2.81. The van der Waals surface area contributed by atoms with Gasteiger partial charge in [0, 0.05) is 18.5 Å². The monoisotopic (exact) mass is 290 g/mol. The molecule has 2 aromatic rings. The molecule has 0 atom stereocenters. The molecule has 0 aliphatic rings. The second-order valence-corrected chi connectivity index (χ2v) is 11.9. The Morgan fingerprint density at radius 3 is 2.32 bits per heavy atom. The van der Waals surface area contributed by atoms with Crippen molar-refractivity contribution < 1.29 is 0 Å². The third-order valence-electron chi connectivity index (χ3n) is 3.19. The van der Waals surface area contributed by atoms with Crippen LogP contribution in [0.5, 0.6) is 0 Å². The maximum Gasteiger partial charge on any atom is 0.0795 e. The van der Waals surface area contributed by atoms with Crippen LogP contribution < -0.4 is 5.19 Å². The van der Waals surface area contributed by atoms with Crippen molar-refractivity contribution in [2.24, 2.45) is 0 Å². The van der Waals surface area contributed by atoms with Gasteiger partial charge >= 0.3 is 0 Å². The lowest BCUT2D eigenvalue weighted by molar-refractivity contribution is 0.316. The van der Waals surface area contributed by atoms with Gasteiger partial charge in [-0.05, 0) is 12.6 Å². The van der Waals surface area contributed by atoms with E-state index in [1.165, 1.54) is 10.8 Å². The van der Waals surface area contributed by atoms with E-state index in [4.69, 9.17) is 0 Å². The van der Waals surface area contributed by atoms with E-state index in [0.717, 1.165) is 18.8 Å². The molecule has 0 saturated carbocycles. The molecule has 0 aliphatic carbocycles. The van der Waals surface area contributed by atoms with Crippen LogP contribution in [0.25, 0.3) is 0 Å². The molecular formula is C15H22N2SSi. The second kappa shape index (κ2) is 5.99. The predicted octanol–water partition coefficient (Wildman–Crippen LogP) is 3.32. The number of rotatable bonds is 5. The first-order valence-electron chi connectivity index (χ1n) is 6.60. The molecule has 0 bridgehead atoms. The molecule has 0 saturated heterocycles. The molecule has 4 heteroatoms. The van der Waals surface area contributed by atoms with Gasteiger partial charge in [0.2, 0.25) is 0 Å². The van der Waals surface area contributed by atoms with Gasteiger partial charge in [0.1, 0.15) is 0 Å². The quantitative estimate of drug-likeness (QED) is 0.785. The first-order valence-corrected chi connectivity index (χ1v) is 11.0. The average molecular weight is 291 g/mol. The van der Waals surface area contributed by atoms with Crippen LogP contribution in [-0.2, 0) is 13.1 Å². The topological polar surface area (TPSA) is 16.1 Å². The van der Waals surface area contributed by atoms with Crippen LogP contribution in [0.15, 0.2) is 35.2 Å². The van der Waals surface area contributed by atoms with Crippen molar-refractivity contribution in [2.75, 3.05) is 7.05 Å². The van der Waals surface area contributed by atoms with E-state index in [1.807, 2.05) is 5.51 Å². The molecule has 0 aliphatic heterocycles. The number of hydrogen-bond donors (Lipinski definition) is 0. The summed E-state index contributed by atoms with van der Waals surface area (Å²) in [4.78, 5) is 6.63. The molecule has 1 aromatic carbocycles. The molecule has 0 spiro atoms. The minimum Gasteiger partial charge on any atom is -0.296 e. The van der Waals surface area contributed by atoms with E-state index >= 15 is 0 Å². The molecule has 19 heavy (non-hydrogen) atoms. The van der Waals surface area contributed by atoms with Gasteiger partial charge in [0.25, 0.3) is 0 Å². The molecule has 1 aromatic heterocycles. The maximum absolute atomic E-state index is 4.33. The zero-order valence-corrected chi connectivity index (χ0v) is 14.0. The zero-order valence-electron chi connectivity index (χ0n) is 12.2. The van der Waals surface area contributed by atoms with Crippen LogP contribution in [0.1, 0.15) is 11.3 Å². The summed E-state index contributed by atoms with van der Waals surface area (Å²) in [5.74, 6) is 0. The highest BCUT2D eigenvalue weighted by Crippen LogP contribution is 2.09. The minimum atomic E-state index is -1.17. The van der Waals surface area contributed by atoms with E-state index in [2.05, 4.69) is 66.2 Å². The standard InChI is InChI=1S/C15H22N2SSi/c1-17(10-14-11-18-12-16-14)9-13-5-7-15(8-6-13)19(2,3)4/h5-8,11-12H,9-10H2,1-4H3. The Bertz CT molecular complexity index is 500. The fourth-order valence-corrected chi connectivity index (χ4v) is 3.79. The summed E-state index contributed by atoms with van der Waals surface area (Å²) in [6.07, 6.45) is 0. The highest BCUT2D eigenvalue weighted by atomic mass is 32.1. The first kappa shape index (κ1) is 14.4. The predicted molar refractivity (Wildman–Crippen MR) is 86.7 cm³/mol. The number of hydrogen-bond acceptors (Lipinski definition) is 3. The number of aromatic nitrogens is 1. The Kier molecular flexibility index (Phi) is 4.55. The first-order chi connectivity index (χ1) is 8.95. The second-order valence-electron chi connectivity index (χ2n) is 6.10. The van der Waals surface area contributed by atoms with E-state index in [0.29, 0.717) is 0 Å². The van der Waals surface area contributed by atoms with Crippen molar-refractivity contribution in [1.29, 1.82) is 0 Å². The van der Waals surface area contributed by atoms with Gasteiger partial charge in [-0.3, -0.25) is 4.90 Å². The summed E-state index contributed by atoms with van der Waals surface area (Å²) in [6.45, 7) is 9.05. The van der Waals surface area contributed by atoms with Crippen LogP contribution in [0.2, 0.25) is 19.6 Å². The van der Waals surface area contributed by atoms with Crippen LogP contribution in [-0.4, -0.2) is 25.0 Å². The minimum absolute atomic E-state index is 0.916. The zero-order chi connectivity index (χ0) is 13.9. The van der Waals surface area contributed by atoms with E-state index < -0.39 is 8.07 Å². The Balaban J connectivity index is 1.96.